The second kappa shape index (κ2) is 9.88. The fraction of sp³-hybridized carbons (Fsp3) is 0.571. The maximum Gasteiger partial charge on any atom is 0.0701 e. The van der Waals surface area contributed by atoms with Gasteiger partial charge in [-0.05, 0) is 19.1 Å². The lowest BCUT2D eigenvalue weighted by Gasteiger charge is -2.22. The lowest BCUT2D eigenvalue weighted by atomic mass is 10.3. The van der Waals surface area contributed by atoms with Gasteiger partial charge in [0, 0.05) is 18.8 Å². The van der Waals surface area contributed by atoms with Crippen molar-refractivity contribution in [1.29, 1.82) is 0 Å². The van der Waals surface area contributed by atoms with E-state index in [0.717, 1.165) is 13.1 Å². The molecule has 0 atom stereocenters. The minimum atomic E-state index is 0.0671. The first-order valence-corrected chi connectivity index (χ1v) is 6.44. The van der Waals surface area contributed by atoms with Crippen LogP contribution in [-0.4, -0.2) is 51.2 Å². The zero-order chi connectivity index (χ0) is 13.1. The summed E-state index contributed by atoms with van der Waals surface area (Å²) < 4.78 is 10.6. The summed E-state index contributed by atoms with van der Waals surface area (Å²) in [5.74, 6) is 0. The molecule has 0 aliphatic rings. The molecule has 0 heterocycles. The third-order valence-corrected chi connectivity index (χ3v) is 2.62. The van der Waals surface area contributed by atoms with Crippen LogP contribution < -0.4 is 4.90 Å². The number of hydrogen-bond donors (Lipinski definition) is 1. The molecule has 1 rings (SSSR count). The Labute approximate surface area is 109 Å². The second-order valence-corrected chi connectivity index (χ2v) is 3.86. The third kappa shape index (κ3) is 6.00. The highest BCUT2D eigenvalue weighted by atomic mass is 16.5. The van der Waals surface area contributed by atoms with E-state index < -0.39 is 0 Å². The highest BCUT2D eigenvalue weighted by molar-refractivity contribution is 5.45. The van der Waals surface area contributed by atoms with Gasteiger partial charge < -0.3 is 19.5 Å². The van der Waals surface area contributed by atoms with Crippen LogP contribution in [0.15, 0.2) is 30.3 Å². The molecule has 102 valence electrons. The van der Waals surface area contributed by atoms with Crippen molar-refractivity contribution in [2.45, 2.75) is 6.92 Å². The predicted octanol–water partition coefficient (Wildman–Crippen LogP) is 1.54. The van der Waals surface area contributed by atoms with E-state index in [1.165, 1.54) is 5.69 Å². The molecular formula is C14H23NO3. The van der Waals surface area contributed by atoms with Crippen LogP contribution in [0.5, 0.6) is 0 Å². The molecule has 4 heteroatoms. The highest BCUT2D eigenvalue weighted by Gasteiger charge is 2.02. The van der Waals surface area contributed by atoms with E-state index in [1.54, 1.807) is 0 Å². The molecule has 0 radical (unpaired) electrons. The van der Waals surface area contributed by atoms with Crippen LogP contribution in [0.2, 0.25) is 0 Å². The van der Waals surface area contributed by atoms with Crippen molar-refractivity contribution in [2.75, 3.05) is 51.0 Å². The van der Waals surface area contributed by atoms with Gasteiger partial charge in [0.2, 0.25) is 0 Å². The molecule has 0 saturated carbocycles. The number of rotatable bonds is 10. The summed E-state index contributed by atoms with van der Waals surface area (Å²) >= 11 is 0. The third-order valence-electron chi connectivity index (χ3n) is 2.62. The molecule has 0 fully saturated rings. The van der Waals surface area contributed by atoms with Crippen molar-refractivity contribution in [3.8, 4) is 0 Å². The smallest absolute Gasteiger partial charge is 0.0701 e. The summed E-state index contributed by atoms with van der Waals surface area (Å²) in [7, 11) is 0. The monoisotopic (exact) mass is 253 g/mol. The molecule has 18 heavy (non-hydrogen) atoms. The maximum absolute atomic E-state index is 8.53. The van der Waals surface area contributed by atoms with Gasteiger partial charge in [-0.15, -0.1) is 0 Å². The topological polar surface area (TPSA) is 41.9 Å². The number of anilines is 1. The molecular weight excluding hydrogens is 230 g/mol. The molecule has 1 aromatic rings. The fourth-order valence-electron chi connectivity index (χ4n) is 1.67. The maximum atomic E-state index is 8.53. The normalized spacial score (nSPS) is 10.6. The Morgan fingerprint density at radius 2 is 1.67 bits per heavy atom. The van der Waals surface area contributed by atoms with E-state index in [2.05, 4.69) is 24.0 Å². The molecule has 0 aromatic heterocycles. The Bertz CT molecular complexity index is 292. The highest BCUT2D eigenvalue weighted by Crippen LogP contribution is 2.11. The van der Waals surface area contributed by atoms with Gasteiger partial charge in [0.1, 0.15) is 0 Å². The van der Waals surface area contributed by atoms with E-state index in [9.17, 15) is 0 Å². The number of aliphatic hydroxyl groups excluding tert-OH is 1. The van der Waals surface area contributed by atoms with Crippen molar-refractivity contribution >= 4 is 5.69 Å². The SMILES string of the molecule is CCN(CCOCCOCCO)c1ccccc1. The van der Waals surface area contributed by atoms with Gasteiger partial charge in [-0.3, -0.25) is 0 Å². The minimum absolute atomic E-state index is 0.0671. The number of benzene rings is 1. The van der Waals surface area contributed by atoms with Crippen molar-refractivity contribution < 1.29 is 14.6 Å². The Hall–Kier alpha value is -1.10. The Balaban J connectivity index is 2.13. The number of nitrogens with zero attached hydrogens (tertiary/aromatic N) is 1. The van der Waals surface area contributed by atoms with Gasteiger partial charge in [-0.2, -0.15) is 0 Å². The summed E-state index contributed by atoms with van der Waals surface area (Å²) in [4.78, 5) is 2.27. The van der Waals surface area contributed by atoms with Gasteiger partial charge in [0.25, 0.3) is 0 Å². The van der Waals surface area contributed by atoms with Crippen LogP contribution in [0, 0.1) is 0 Å². The van der Waals surface area contributed by atoms with Crippen LogP contribution in [0.4, 0.5) is 5.69 Å². The van der Waals surface area contributed by atoms with Crippen LogP contribution >= 0.6 is 0 Å². The summed E-state index contributed by atoms with van der Waals surface area (Å²) in [6.45, 7) is 6.23. The molecule has 0 bridgehead atoms. The Kier molecular flexibility index (Phi) is 8.21. The van der Waals surface area contributed by atoms with Crippen LogP contribution in [0.25, 0.3) is 0 Å². The Morgan fingerprint density at radius 3 is 2.28 bits per heavy atom. The van der Waals surface area contributed by atoms with E-state index in [0.29, 0.717) is 26.4 Å². The van der Waals surface area contributed by atoms with Crippen molar-refractivity contribution in [2.24, 2.45) is 0 Å². The number of aliphatic hydroxyl groups is 1. The first-order valence-electron chi connectivity index (χ1n) is 6.44. The molecule has 0 saturated heterocycles. The quantitative estimate of drug-likeness (QED) is 0.642. The molecule has 0 amide bonds. The molecule has 1 N–H and O–H groups in total. The van der Waals surface area contributed by atoms with Gasteiger partial charge in [-0.1, -0.05) is 18.2 Å². The van der Waals surface area contributed by atoms with Crippen molar-refractivity contribution in [3.63, 3.8) is 0 Å². The van der Waals surface area contributed by atoms with E-state index in [1.807, 2.05) is 18.2 Å². The lowest BCUT2D eigenvalue weighted by Crippen LogP contribution is -2.27. The summed E-state index contributed by atoms with van der Waals surface area (Å²) in [5, 5.41) is 8.53. The number of ether oxygens (including phenoxy) is 2. The fourth-order valence-corrected chi connectivity index (χ4v) is 1.67. The van der Waals surface area contributed by atoms with Gasteiger partial charge >= 0.3 is 0 Å². The first kappa shape index (κ1) is 15.0. The largest absolute Gasteiger partial charge is 0.394 e. The van der Waals surface area contributed by atoms with E-state index in [4.69, 9.17) is 14.6 Å². The number of likely N-dealkylation sites (N-methyl/N-ethyl adjacent to an activating group) is 1. The van der Waals surface area contributed by atoms with Crippen LogP contribution in [0.3, 0.4) is 0 Å². The zero-order valence-electron chi connectivity index (χ0n) is 11.0. The van der Waals surface area contributed by atoms with Gasteiger partial charge in [0.05, 0.1) is 33.0 Å². The molecule has 0 unspecified atom stereocenters. The average Bonchev–Trinajstić information content (AvgIpc) is 2.43. The minimum Gasteiger partial charge on any atom is -0.394 e. The number of hydrogen-bond acceptors (Lipinski definition) is 4. The Morgan fingerprint density at radius 1 is 1.00 bits per heavy atom. The lowest BCUT2D eigenvalue weighted by molar-refractivity contribution is 0.0351. The average molecular weight is 253 g/mol. The zero-order valence-corrected chi connectivity index (χ0v) is 11.0. The summed E-state index contributed by atoms with van der Waals surface area (Å²) in [6.07, 6.45) is 0. The molecule has 1 aromatic carbocycles. The summed E-state index contributed by atoms with van der Waals surface area (Å²) in [5.41, 5.74) is 1.22. The molecule has 4 nitrogen and oxygen atoms in total. The van der Waals surface area contributed by atoms with E-state index >= 15 is 0 Å². The second-order valence-electron chi connectivity index (χ2n) is 3.86. The number of para-hydroxylation sites is 1. The van der Waals surface area contributed by atoms with E-state index in [-0.39, 0.29) is 6.61 Å². The van der Waals surface area contributed by atoms with Crippen molar-refractivity contribution in [1.82, 2.24) is 0 Å². The molecule has 0 spiro atoms. The standard InChI is InChI=1S/C14H23NO3/c1-2-15(14-6-4-3-5-7-14)8-10-17-12-13-18-11-9-16/h3-7,16H,2,8-13H2,1H3. The summed E-state index contributed by atoms with van der Waals surface area (Å²) in [6, 6.07) is 10.3. The van der Waals surface area contributed by atoms with Crippen LogP contribution in [0.1, 0.15) is 6.92 Å². The molecule has 0 aliphatic carbocycles. The van der Waals surface area contributed by atoms with Crippen molar-refractivity contribution in [3.05, 3.63) is 30.3 Å². The predicted molar refractivity (Wildman–Crippen MR) is 73.1 cm³/mol. The van der Waals surface area contributed by atoms with Gasteiger partial charge in [0.15, 0.2) is 0 Å². The van der Waals surface area contributed by atoms with Crippen LogP contribution in [-0.2, 0) is 9.47 Å². The van der Waals surface area contributed by atoms with Gasteiger partial charge in [-0.25, -0.2) is 0 Å². The molecule has 0 aliphatic heterocycles. The first-order chi connectivity index (χ1) is 8.88.